The van der Waals surface area contributed by atoms with Crippen molar-refractivity contribution in [2.75, 3.05) is 18.1 Å². The van der Waals surface area contributed by atoms with Crippen molar-refractivity contribution in [3.63, 3.8) is 0 Å². The van der Waals surface area contributed by atoms with Crippen LogP contribution in [0.1, 0.15) is 28.8 Å². The maximum Gasteiger partial charge on any atom is 0.341 e. The van der Waals surface area contributed by atoms with Crippen molar-refractivity contribution in [1.29, 1.82) is 0 Å². The quantitative estimate of drug-likeness (QED) is 0.398. The van der Waals surface area contributed by atoms with Crippen LogP contribution in [0.4, 0.5) is 14.5 Å². The molecule has 1 atom stereocenters. The van der Waals surface area contributed by atoms with Crippen LogP contribution in [-0.4, -0.2) is 44.9 Å². The largest absolute Gasteiger partial charge is 0.508 e. The van der Waals surface area contributed by atoms with Gasteiger partial charge in [0, 0.05) is 30.2 Å². The van der Waals surface area contributed by atoms with Gasteiger partial charge >= 0.3 is 5.97 Å². The molecule has 5 rings (SSSR count). The van der Waals surface area contributed by atoms with Gasteiger partial charge in [0.15, 0.2) is 5.82 Å². The zero-order valence-corrected chi connectivity index (χ0v) is 19.8. The number of ether oxygens (including phenoxy) is 1. The Balaban J connectivity index is 1.64. The molecular formula is C27H23F2N3O5. The van der Waals surface area contributed by atoms with Crippen molar-refractivity contribution in [1.82, 2.24) is 9.55 Å². The minimum Gasteiger partial charge on any atom is -0.508 e. The van der Waals surface area contributed by atoms with Crippen molar-refractivity contribution in [2.45, 2.75) is 25.8 Å². The number of aromatic hydroxyl groups is 1. The molecule has 37 heavy (non-hydrogen) atoms. The minimum absolute atomic E-state index is 0.0529. The van der Waals surface area contributed by atoms with Gasteiger partial charge in [-0.1, -0.05) is 6.07 Å². The highest BCUT2D eigenvalue weighted by Gasteiger charge is 2.32. The van der Waals surface area contributed by atoms with E-state index in [4.69, 9.17) is 4.74 Å². The summed E-state index contributed by atoms with van der Waals surface area (Å²) in [5, 5.41) is 18.8. The summed E-state index contributed by atoms with van der Waals surface area (Å²) in [6, 6.07) is 9.74. The number of pyridine rings is 2. The standard InChI is InChI=1S/C27H23F2N3O5/c1-15-4-2-10-30-26(15)37-14-17-5-3-11-31(17)24-21(28)12-19-23(22(24)29)32(13-20(25(19)34)27(35)36)16-6-8-18(33)9-7-16/h2,4,6-10,12-13,17,33H,3,5,11,14H2,1H3,(H,35,36). The highest BCUT2D eigenvalue weighted by atomic mass is 19.1. The lowest BCUT2D eigenvalue weighted by atomic mass is 10.1. The van der Waals surface area contributed by atoms with E-state index in [0.717, 1.165) is 17.8 Å². The average molecular weight is 507 g/mol. The monoisotopic (exact) mass is 507 g/mol. The van der Waals surface area contributed by atoms with E-state index in [2.05, 4.69) is 4.98 Å². The molecule has 10 heteroatoms. The molecule has 190 valence electrons. The second-order valence-corrected chi connectivity index (χ2v) is 8.91. The van der Waals surface area contributed by atoms with Gasteiger partial charge in [-0.2, -0.15) is 0 Å². The number of rotatable bonds is 6. The lowest BCUT2D eigenvalue weighted by Crippen LogP contribution is -2.36. The fourth-order valence-corrected chi connectivity index (χ4v) is 4.74. The fraction of sp³-hybridized carbons (Fsp3) is 0.222. The van der Waals surface area contributed by atoms with Gasteiger partial charge in [-0.25, -0.2) is 18.6 Å². The van der Waals surface area contributed by atoms with E-state index in [1.54, 1.807) is 17.2 Å². The maximum atomic E-state index is 16.2. The number of carboxylic acid groups (broad SMARTS) is 1. The van der Waals surface area contributed by atoms with Gasteiger partial charge in [0.1, 0.15) is 29.4 Å². The summed E-state index contributed by atoms with van der Waals surface area (Å²) in [6.07, 6.45) is 3.92. The molecule has 1 aliphatic rings. The van der Waals surface area contributed by atoms with Gasteiger partial charge in [-0.15, -0.1) is 0 Å². The van der Waals surface area contributed by atoms with Crippen molar-refractivity contribution >= 4 is 22.6 Å². The third kappa shape index (κ3) is 4.35. The van der Waals surface area contributed by atoms with Gasteiger partial charge in [-0.05, 0) is 56.2 Å². The molecule has 0 aliphatic carbocycles. The summed E-state index contributed by atoms with van der Waals surface area (Å²) >= 11 is 0. The molecule has 3 heterocycles. The molecule has 0 saturated carbocycles. The van der Waals surface area contributed by atoms with Crippen LogP contribution in [0, 0.1) is 18.6 Å². The normalized spacial score (nSPS) is 15.3. The molecule has 0 amide bonds. The molecule has 0 spiro atoms. The van der Waals surface area contributed by atoms with Crippen molar-refractivity contribution in [3.8, 4) is 17.3 Å². The van der Waals surface area contributed by atoms with E-state index in [9.17, 15) is 19.8 Å². The number of aryl methyl sites for hydroxylation is 1. The van der Waals surface area contributed by atoms with E-state index in [1.807, 2.05) is 13.0 Å². The topological polar surface area (TPSA) is 105 Å². The molecule has 1 saturated heterocycles. The second-order valence-electron chi connectivity index (χ2n) is 8.91. The summed E-state index contributed by atoms with van der Waals surface area (Å²) in [6.45, 7) is 2.37. The fourth-order valence-electron chi connectivity index (χ4n) is 4.74. The van der Waals surface area contributed by atoms with Gasteiger partial charge in [0.2, 0.25) is 11.3 Å². The van der Waals surface area contributed by atoms with E-state index in [0.29, 0.717) is 25.3 Å². The van der Waals surface area contributed by atoms with Crippen LogP contribution in [0.25, 0.3) is 16.6 Å². The van der Waals surface area contributed by atoms with Crippen LogP contribution in [0.5, 0.6) is 11.6 Å². The Morgan fingerprint density at radius 3 is 2.68 bits per heavy atom. The minimum atomic E-state index is -1.52. The Morgan fingerprint density at radius 2 is 1.97 bits per heavy atom. The van der Waals surface area contributed by atoms with Crippen molar-refractivity contribution in [2.24, 2.45) is 0 Å². The summed E-state index contributed by atoms with van der Waals surface area (Å²) in [4.78, 5) is 30.4. The number of fused-ring (bicyclic) bond motifs is 1. The van der Waals surface area contributed by atoms with Crippen molar-refractivity contribution < 1.29 is 28.5 Å². The first-order valence-electron chi connectivity index (χ1n) is 11.7. The van der Waals surface area contributed by atoms with Gasteiger partial charge < -0.3 is 24.4 Å². The van der Waals surface area contributed by atoms with E-state index >= 15 is 8.78 Å². The van der Waals surface area contributed by atoms with Crippen LogP contribution in [0.3, 0.4) is 0 Å². The molecule has 1 unspecified atom stereocenters. The third-order valence-corrected chi connectivity index (χ3v) is 6.55. The molecule has 2 aromatic heterocycles. The molecule has 2 aromatic carbocycles. The number of anilines is 1. The van der Waals surface area contributed by atoms with Crippen LogP contribution < -0.4 is 15.1 Å². The van der Waals surface area contributed by atoms with Crippen LogP contribution in [0.2, 0.25) is 0 Å². The molecule has 2 N–H and O–H groups in total. The SMILES string of the molecule is Cc1cccnc1OCC1CCCN1c1c(F)cc2c(=O)c(C(=O)O)cn(-c3ccc(O)cc3)c2c1F. The highest BCUT2D eigenvalue weighted by molar-refractivity contribution is 5.94. The average Bonchev–Trinajstić information content (AvgIpc) is 3.32. The van der Waals surface area contributed by atoms with E-state index in [1.165, 1.54) is 28.8 Å². The number of phenolic OH excluding ortho intramolecular Hbond substituents is 1. The highest BCUT2D eigenvalue weighted by Crippen LogP contribution is 2.35. The molecule has 0 radical (unpaired) electrons. The molecule has 1 fully saturated rings. The smallest absolute Gasteiger partial charge is 0.341 e. The Morgan fingerprint density at radius 1 is 1.22 bits per heavy atom. The molecule has 8 nitrogen and oxygen atoms in total. The van der Waals surface area contributed by atoms with E-state index in [-0.39, 0.29) is 35.3 Å². The Hall–Kier alpha value is -4.47. The maximum absolute atomic E-state index is 16.2. The number of carbonyl (C=O) groups is 1. The molecule has 0 bridgehead atoms. The van der Waals surface area contributed by atoms with Crippen molar-refractivity contribution in [3.05, 3.63) is 87.8 Å². The summed E-state index contributed by atoms with van der Waals surface area (Å²) < 4.78 is 38.8. The number of carboxylic acids is 1. The predicted octanol–water partition coefficient (Wildman–Crippen LogP) is 4.42. The van der Waals surface area contributed by atoms with Gasteiger partial charge in [-0.3, -0.25) is 4.79 Å². The van der Waals surface area contributed by atoms with E-state index < -0.39 is 34.0 Å². The number of phenols is 1. The Bertz CT molecular complexity index is 1570. The number of hydrogen-bond donors (Lipinski definition) is 2. The first-order chi connectivity index (χ1) is 17.8. The van der Waals surface area contributed by atoms with Gasteiger partial charge in [0.25, 0.3) is 0 Å². The molecule has 1 aliphatic heterocycles. The first kappa shape index (κ1) is 24.2. The Labute approximate surface area is 210 Å². The summed E-state index contributed by atoms with van der Waals surface area (Å²) in [5.41, 5.74) is -1.08. The summed E-state index contributed by atoms with van der Waals surface area (Å²) in [7, 11) is 0. The van der Waals surface area contributed by atoms with Crippen LogP contribution in [0.15, 0.2) is 59.7 Å². The lowest BCUT2D eigenvalue weighted by molar-refractivity contribution is 0.0695. The van der Waals surface area contributed by atoms with Crippen LogP contribution in [-0.2, 0) is 0 Å². The second kappa shape index (κ2) is 9.53. The van der Waals surface area contributed by atoms with Crippen LogP contribution >= 0.6 is 0 Å². The number of benzene rings is 2. The predicted molar refractivity (Wildman–Crippen MR) is 133 cm³/mol. The third-order valence-electron chi connectivity index (χ3n) is 6.55. The molecular weight excluding hydrogens is 484 g/mol. The number of hydrogen-bond acceptors (Lipinski definition) is 6. The number of halogens is 2. The first-order valence-corrected chi connectivity index (χ1v) is 11.7. The molecule has 4 aromatic rings. The summed E-state index contributed by atoms with van der Waals surface area (Å²) in [5.74, 6) is -3.09. The Kier molecular flexibility index (Phi) is 6.24. The zero-order chi connectivity index (χ0) is 26.3. The lowest BCUT2D eigenvalue weighted by Gasteiger charge is -2.28. The number of aromatic nitrogens is 2. The van der Waals surface area contributed by atoms with Gasteiger partial charge in [0.05, 0.1) is 16.9 Å². The zero-order valence-electron chi connectivity index (χ0n) is 19.8. The number of nitrogens with zero attached hydrogens (tertiary/aromatic N) is 3. The number of aromatic carboxylic acids is 1.